The number of anilines is 1. The first-order chi connectivity index (χ1) is 12.9. The van der Waals surface area contributed by atoms with Crippen LogP contribution < -0.4 is 4.90 Å². The lowest BCUT2D eigenvalue weighted by molar-refractivity contribution is -0.118. The summed E-state index contributed by atoms with van der Waals surface area (Å²) in [6.07, 6.45) is 1.23. The smallest absolute Gasteiger partial charge is 0.409 e. The number of aromatic nitrogens is 1. The Morgan fingerprint density at radius 2 is 2.15 bits per heavy atom. The van der Waals surface area contributed by atoms with Crippen molar-refractivity contribution in [2.24, 2.45) is 0 Å². The van der Waals surface area contributed by atoms with Crippen LogP contribution in [0.25, 0.3) is 0 Å². The van der Waals surface area contributed by atoms with Gasteiger partial charge in [0.05, 0.1) is 19.7 Å². The summed E-state index contributed by atoms with van der Waals surface area (Å²) in [5, 5.41) is -0.0487. The summed E-state index contributed by atoms with van der Waals surface area (Å²) in [6, 6.07) is 4.33. The third-order valence-corrected chi connectivity index (χ3v) is 5.98. The fraction of sp³-hybridized carbons (Fsp3) is 0.389. The summed E-state index contributed by atoms with van der Waals surface area (Å²) in [7, 11) is 1.32. The van der Waals surface area contributed by atoms with Crippen molar-refractivity contribution in [3.63, 3.8) is 0 Å². The van der Waals surface area contributed by atoms with Crippen molar-refractivity contribution in [1.82, 2.24) is 9.88 Å². The number of rotatable bonds is 2. The standard InChI is InChI=1S/C18H17F2N3O3S/c1-26-17(25)22-5-4-18(9-22)10-23(13-3-2-11(19)6-12(13)18)16(24)7-15-21-8-14(20)27-15/h2-3,6,8H,4-5,7,9-10H2,1H3. The summed E-state index contributed by atoms with van der Waals surface area (Å²) in [4.78, 5) is 31.8. The molecule has 1 aromatic carbocycles. The number of amides is 2. The van der Waals surface area contributed by atoms with E-state index in [-0.39, 0.29) is 18.1 Å². The van der Waals surface area contributed by atoms with Gasteiger partial charge in [0.15, 0.2) is 5.13 Å². The quantitative estimate of drug-likeness (QED) is 0.787. The van der Waals surface area contributed by atoms with Gasteiger partial charge >= 0.3 is 6.09 Å². The van der Waals surface area contributed by atoms with Crippen LogP contribution in [-0.4, -0.2) is 48.6 Å². The number of fused-ring (bicyclic) bond motifs is 2. The van der Waals surface area contributed by atoms with Crippen molar-refractivity contribution < 1.29 is 23.1 Å². The fourth-order valence-corrected chi connectivity index (χ4v) is 4.60. The molecule has 2 aliphatic rings. The van der Waals surface area contributed by atoms with E-state index >= 15 is 0 Å². The Labute approximate surface area is 158 Å². The molecule has 2 aliphatic heterocycles. The van der Waals surface area contributed by atoms with Gasteiger partial charge in [0, 0.05) is 30.7 Å². The minimum absolute atomic E-state index is 0.0256. The molecule has 1 spiro atoms. The van der Waals surface area contributed by atoms with Gasteiger partial charge in [-0.3, -0.25) is 4.79 Å². The number of thiazole rings is 1. The second kappa shape index (κ2) is 6.56. The Kier molecular flexibility index (Phi) is 4.33. The van der Waals surface area contributed by atoms with E-state index in [9.17, 15) is 18.4 Å². The zero-order chi connectivity index (χ0) is 19.2. The van der Waals surface area contributed by atoms with Crippen LogP contribution in [0.4, 0.5) is 19.3 Å². The molecular formula is C18H17F2N3O3S. The maximum atomic E-state index is 13.9. The van der Waals surface area contributed by atoms with Crippen molar-refractivity contribution in [2.45, 2.75) is 18.3 Å². The first kappa shape index (κ1) is 17.8. The first-order valence-electron chi connectivity index (χ1n) is 8.45. The van der Waals surface area contributed by atoms with Gasteiger partial charge in [-0.15, -0.1) is 0 Å². The van der Waals surface area contributed by atoms with Crippen LogP contribution in [0.15, 0.2) is 24.4 Å². The highest BCUT2D eigenvalue weighted by Gasteiger charge is 2.50. The second-order valence-corrected chi connectivity index (χ2v) is 7.86. The average molecular weight is 393 g/mol. The zero-order valence-corrected chi connectivity index (χ0v) is 15.4. The summed E-state index contributed by atoms with van der Waals surface area (Å²) in [5.41, 5.74) is 0.813. The summed E-state index contributed by atoms with van der Waals surface area (Å²) in [6.45, 7) is 1.17. The molecule has 1 atom stereocenters. The molecule has 2 amide bonds. The van der Waals surface area contributed by atoms with Crippen LogP contribution in [0.3, 0.4) is 0 Å². The van der Waals surface area contributed by atoms with Gasteiger partial charge in [-0.2, -0.15) is 4.39 Å². The number of methoxy groups -OCH3 is 1. The molecule has 27 heavy (non-hydrogen) atoms. The number of carbonyl (C=O) groups is 2. The molecule has 1 saturated heterocycles. The van der Waals surface area contributed by atoms with E-state index in [1.165, 1.54) is 19.2 Å². The number of nitrogens with zero attached hydrogens (tertiary/aromatic N) is 3. The van der Waals surface area contributed by atoms with Gasteiger partial charge in [-0.05, 0) is 30.2 Å². The maximum Gasteiger partial charge on any atom is 0.409 e. The molecule has 1 aromatic heterocycles. The second-order valence-electron chi connectivity index (χ2n) is 6.80. The number of hydrogen-bond acceptors (Lipinski definition) is 5. The lowest BCUT2D eigenvalue weighted by Gasteiger charge is -2.25. The van der Waals surface area contributed by atoms with Gasteiger partial charge in [0.25, 0.3) is 0 Å². The molecule has 0 radical (unpaired) electrons. The minimum atomic E-state index is -0.532. The third kappa shape index (κ3) is 3.05. The number of benzene rings is 1. The van der Waals surface area contributed by atoms with Crippen LogP contribution in [0.5, 0.6) is 0 Å². The van der Waals surface area contributed by atoms with E-state index in [1.807, 2.05) is 0 Å². The van der Waals surface area contributed by atoms with Gasteiger partial charge in [0.2, 0.25) is 5.91 Å². The van der Waals surface area contributed by atoms with Gasteiger partial charge in [0.1, 0.15) is 10.8 Å². The van der Waals surface area contributed by atoms with Gasteiger partial charge in [-0.25, -0.2) is 14.2 Å². The summed E-state index contributed by atoms with van der Waals surface area (Å²) in [5.74, 6) is -0.619. The summed E-state index contributed by atoms with van der Waals surface area (Å²) >= 11 is 0.835. The molecule has 0 aliphatic carbocycles. The molecule has 0 N–H and O–H groups in total. The number of likely N-dealkylation sites (tertiary alicyclic amines) is 1. The van der Waals surface area contributed by atoms with Crippen LogP contribution in [0.2, 0.25) is 0 Å². The largest absolute Gasteiger partial charge is 0.453 e. The Balaban J connectivity index is 1.64. The third-order valence-electron chi connectivity index (χ3n) is 5.20. The van der Waals surface area contributed by atoms with E-state index in [0.29, 0.717) is 42.3 Å². The first-order valence-corrected chi connectivity index (χ1v) is 9.27. The van der Waals surface area contributed by atoms with Crippen LogP contribution in [0, 0.1) is 10.9 Å². The fourth-order valence-electron chi connectivity index (χ4n) is 3.96. The molecular weight excluding hydrogens is 376 g/mol. The van der Waals surface area contributed by atoms with Crippen molar-refractivity contribution in [2.75, 3.05) is 31.6 Å². The Morgan fingerprint density at radius 3 is 2.85 bits per heavy atom. The topological polar surface area (TPSA) is 62.7 Å². The molecule has 142 valence electrons. The Hall–Kier alpha value is -2.55. The number of hydrogen-bond donors (Lipinski definition) is 0. The average Bonchev–Trinajstić information content (AvgIpc) is 3.34. The molecule has 6 nitrogen and oxygen atoms in total. The molecule has 4 rings (SSSR count). The minimum Gasteiger partial charge on any atom is -0.453 e. The van der Waals surface area contributed by atoms with Crippen LogP contribution in [-0.2, 0) is 21.4 Å². The van der Waals surface area contributed by atoms with E-state index in [2.05, 4.69) is 4.98 Å². The molecule has 9 heteroatoms. The van der Waals surface area contributed by atoms with Crippen LogP contribution >= 0.6 is 11.3 Å². The highest BCUT2D eigenvalue weighted by molar-refractivity contribution is 7.10. The number of carbonyl (C=O) groups excluding carboxylic acids is 2. The molecule has 2 aromatic rings. The number of halogens is 2. The van der Waals surface area contributed by atoms with E-state index in [4.69, 9.17) is 4.74 Å². The molecule has 0 saturated carbocycles. The highest BCUT2D eigenvalue weighted by atomic mass is 32.1. The predicted molar refractivity (Wildman–Crippen MR) is 94.8 cm³/mol. The van der Waals surface area contributed by atoms with Crippen molar-refractivity contribution in [3.05, 3.63) is 45.9 Å². The highest BCUT2D eigenvalue weighted by Crippen LogP contribution is 2.47. The maximum absolute atomic E-state index is 13.9. The predicted octanol–water partition coefficient (Wildman–Crippen LogP) is 2.72. The Bertz CT molecular complexity index is 919. The van der Waals surface area contributed by atoms with Gasteiger partial charge in [-0.1, -0.05) is 11.3 Å². The normalized spacial score (nSPS) is 21.0. The lowest BCUT2D eigenvalue weighted by Crippen LogP contribution is -2.40. The number of ether oxygens (including phenoxy) is 1. The molecule has 0 bridgehead atoms. The van der Waals surface area contributed by atoms with Crippen molar-refractivity contribution in [1.29, 1.82) is 0 Å². The van der Waals surface area contributed by atoms with Crippen molar-refractivity contribution in [3.8, 4) is 0 Å². The van der Waals surface area contributed by atoms with E-state index < -0.39 is 16.6 Å². The summed E-state index contributed by atoms with van der Waals surface area (Å²) < 4.78 is 31.9. The molecule has 1 unspecified atom stereocenters. The Morgan fingerprint density at radius 1 is 1.33 bits per heavy atom. The monoisotopic (exact) mass is 393 g/mol. The zero-order valence-electron chi connectivity index (χ0n) is 14.6. The van der Waals surface area contributed by atoms with Gasteiger partial charge < -0.3 is 14.5 Å². The van der Waals surface area contributed by atoms with E-state index in [0.717, 1.165) is 17.5 Å². The van der Waals surface area contributed by atoms with Crippen molar-refractivity contribution >= 4 is 29.0 Å². The van der Waals surface area contributed by atoms with Crippen LogP contribution in [0.1, 0.15) is 17.0 Å². The molecule has 3 heterocycles. The lowest BCUT2D eigenvalue weighted by atomic mass is 9.81. The molecule has 1 fully saturated rings. The van der Waals surface area contributed by atoms with E-state index in [1.54, 1.807) is 15.9 Å². The SMILES string of the molecule is COC(=O)N1CCC2(C1)CN(C(=O)Cc1ncc(F)s1)c1ccc(F)cc12.